The molecule has 122 valence electrons. The van der Waals surface area contributed by atoms with E-state index in [0.29, 0.717) is 38.0 Å². The van der Waals surface area contributed by atoms with Crippen molar-refractivity contribution >= 4 is 34.1 Å². The Morgan fingerprint density at radius 1 is 0.760 bits per heavy atom. The molecule has 0 aliphatic heterocycles. The molecule has 0 radical (unpaired) electrons. The summed E-state index contributed by atoms with van der Waals surface area (Å²) in [6.07, 6.45) is 0. The van der Waals surface area contributed by atoms with E-state index < -0.39 is 0 Å². The number of aromatic nitrogens is 2. The van der Waals surface area contributed by atoms with Crippen LogP contribution in [0.2, 0.25) is 10.0 Å². The molecule has 1 aromatic heterocycles. The lowest BCUT2D eigenvalue weighted by Crippen LogP contribution is -2.22. The fourth-order valence-corrected chi connectivity index (χ4v) is 3.25. The van der Waals surface area contributed by atoms with Crippen molar-refractivity contribution in [3.05, 3.63) is 93.2 Å². The third kappa shape index (κ3) is 2.72. The number of hydrogen-bond acceptors (Lipinski definition) is 2. The van der Waals surface area contributed by atoms with Crippen molar-refractivity contribution in [1.29, 1.82) is 0 Å². The van der Waals surface area contributed by atoms with Gasteiger partial charge in [0.25, 0.3) is 5.56 Å². The van der Waals surface area contributed by atoms with Gasteiger partial charge in [-0.2, -0.15) is 0 Å². The smallest absolute Gasteiger partial charge is 0.266 e. The topological polar surface area (TPSA) is 34.9 Å². The third-order valence-electron chi connectivity index (χ3n) is 3.98. The quantitative estimate of drug-likeness (QED) is 0.478. The number of hydrogen-bond donors (Lipinski definition) is 0. The van der Waals surface area contributed by atoms with Crippen molar-refractivity contribution in [2.24, 2.45) is 0 Å². The summed E-state index contributed by atoms with van der Waals surface area (Å²) < 4.78 is 1.52. The summed E-state index contributed by atoms with van der Waals surface area (Å²) in [4.78, 5) is 17.9. The van der Waals surface area contributed by atoms with Gasteiger partial charge in [-0.05, 0) is 36.4 Å². The summed E-state index contributed by atoms with van der Waals surface area (Å²) in [5.74, 6) is 0.461. The van der Waals surface area contributed by atoms with E-state index in [1.54, 1.807) is 24.3 Å². The lowest BCUT2D eigenvalue weighted by atomic mass is 10.1. The molecule has 3 nitrogen and oxygen atoms in total. The van der Waals surface area contributed by atoms with Crippen molar-refractivity contribution < 1.29 is 0 Å². The summed E-state index contributed by atoms with van der Waals surface area (Å²) >= 11 is 12.7. The van der Waals surface area contributed by atoms with Gasteiger partial charge in [0.05, 0.1) is 26.6 Å². The van der Waals surface area contributed by atoms with Gasteiger partial charge < -0.3 is 0 Å². The fraction of sp³-hybridized carbons (Fsp3) is 0. The second-order valence-electron chi connectivity index (χ2n) is 5.52. The molecular formula is C20H12Cl2N2O. The highest BCUT2D eigenvalue weighted by molar-refractivity contribution is 6.33. The SMILES string of the molecule is O=c1c2ccccc2nc(-c2ccccc2Cl)n1-c1ccccc1Cl. The average molecular weight is 367 g/mol. The van der Waals surface area contributed by atoms with Gasteiger partial charge >= 0.3 is 0 Å². The molecule has 0 aliphatic rings. The van der Waals surface area contributed by atoms with Gasteiger partial charge in [0.2, 0.25) is 0 Å². The lowest BCUT2D eigenvalue weighted by molar-refractivity contribution is 0.976. The first kappa shape index (κ1) is 15.9. The predicted molar refractivity (Wildman–Crippen MR) is 103 cm³/mol. The minimum absolute atomic E-state index is 0.186. The molecule has 0 aliphatic carbocycles. The Morgan fingerprint density at radius 2 is 1.40 bits per heavy atom. The molecule has 25 heavy (non-hydrogen) atoms. The van der Waals surface area contributed by atoms with Crippen LogP contribution >= 0.6 is 23.2 Å². The molecule has 0 bridgehead atoms. The first-order valence-electron chi connectivity index (χ1n) is 7.68. The largest absolute Gasteiger partial charge is 0.268 e. The van der Waals surface area contributed by atoms with Crippen LogP contribution < -0.4 is 5.56 Å². The van der Waals surface area contributed by atoms with Gasteiger partial charge in [0.15, 0.2) is 0 Å². The zero-order valence-electron chi connectivity index (χ0n) is 13.0. The molecule has 0 spiro atoms. The fourth-order valence-electron chi connectivity index (χ4n) is 2.81. The van der Waals surface area contributed by atoms with Crippen molar-refractivity contribution in [2.75, 3.05) is 0 Å². The van der Waals surface area contributed by atoms with Crippen LogP contribution in [0.1, 0.15) is 0 Å². The molecular weight excluding hydrogens is 355 g/mol. The standard InChI is InChI=1S/C20H12Cl2N2O/c21-15-9-3-1-7-13(15)19-23-17-11-5-2-8-14(17)20(25)24(19)18-12-6-4-10-16(18)22/h1-12H. The zero-order chi connectivity index (χ0) is 17.4. The Morgan fingerprint density at radius 3 is 2.16 bits per heavy atom. The highest BCUT2D eigenvalue weighted by Crippen LogP contribution is 2.30. The summed E-state index contributed by atoms with van der Waals surface area (Å²) in [6.45, 7) is 0. The Hall–Kier alpha value is -2.62. The monoisotopic (exact) mass is 366 g/mol. The zero-order valence-corrected chi connectivity index (χ0v) is 14.5. The van der Waals surface area contributed by atoms with Gasteiger partial charge in [-0.15, -0.1) is 0 Å². The molecule has 5 heteroatoms. The summed E-state index contributed by atoms with van der Waals surface area (Å²) in [5, 5.41) is 1.51. The predicted octanol–water partition coefficient (Wildman–Crippen LogP) is 5.36. The van der Waals surface area contributed by atoms with E-state index in [4.69, 9.17) is 28.2 Å². The maximum absolute atomic E-state index is 13.2. The highest BCUT2D eigenvalue weighted by Gasteiger charge is 2.17. The van der Waals surface area contributed by atoms with Crippen molar-refractivity contribution in [3.8, 4) is 17.1 Å². The first-order chi connectivity index (χ1) is 12.2. The molecule has 0 amide bonds. The van der Waals surface area contributed by atoms with Crippen LogP contribution in [-0.2, 0) is 0 Å². The number of nitrogens with zero attached hydrogens (tertiary/aromatic N) is 2. The number of halogens is 2. The second-order valence-corrected chi connectivity index (χ2v) is 6.34. The van der Waals surface area contributed by atoms with Crippen LogP contribution in [0.5, 0.6) is 0 Å². The maximum atomic E-state index is 13.2. The molecule has 4 aromatic rings. The minimum Gasteiger partial charge on any atom is -0.268 e. The van der Waals surface area contributed by atoms with E-state index in [9.17, 15) is 4.79 Å². The normalized spacial score (nSPS) is 11.0. The van der Waals surface area contributed by atoms with E-state index >= 15 is 0 Å². The number of benzene rings is 3. The van der Waals surface area contributed by atoms with Crippen molar-refractivity contribution in [1.82, 2.24) is 9.55 Å². The Bertz CT molecular complexity index is 1150. The first-order valence-corrected chi connectivity index (χ1v) is 8.44. The van der Waals surface area contributed by atoms with Gasteiger partial charge in [0.1, 0.15) is 5.82 Å². The van der Waals surface area contributed by atoms with Crippen LogP contribution in [0.15, 0.2) is 77.6 Å². The van der Waals surface area contributed by atoms with Crippen LogP contribution in [-0.4, -0.2) is 9.55 Å². The molecule has 1 heterocycles. The van der Waals surface area contributed by atoms with Crippen molar-refractivity contribution in [3.63, 3.8) is 0 Å². The van der Waals surface area contributed by atoms with E-state index in [-0.39, 0.29) is 5.56 Å². The van der Waals surface area contributed by atoms with Gasteiger partial charge in [-0.25, -0.2) is 4.98 Å². The van der Waals surface area contributed by atoms with Crippen LogP contribution in [0.3, 0.4) is 0 Å². The summed E-state index contributed by atoms with van der Waals surface area (Å²) in [7, 11) is 0. The lowest BCUT2D eigenvalue weighted by Gasteiger charge is -2.15. The van der Waals surface area contributed by atoms with Gasteiger partial charge in [-0.3, -0.25) is 9.36 Å². The molecule has 3 aromatic carbocycles. The van der Waals surface area contributed by atoms with Crippen molar-refractivity contribution in [2.45, 2.75) is 0 Å². The molecule has 4 rings (SSSR count). The van der Waals surface area contributed by atoms with E-state index in [1.165, 1.54) is 4.57 Å². The molecule has 0 atom stereocenters. The molecule has 0 fully saturated rings. The van der Waals surface area contributed by atoms with E-state index in [0.717, 1.165) is 0 Å². The van der Waals surface area contributed by atoms with E-state index in [1.807, 2.05) is 48.5 Å². The maximum Gasteiger partial charge on any atom is 0.266 e. The Balaban J connectivity index is 2.18. The number of fused-ring (bicyclic) bond motifs is 1. The Kier molecular flexibility index (Phi) is 4.04. The molecule has 0 saturated carbocycles. The van der Waals surface area contributed by atoms with Crippen LogP contribution in [0.25, 0.3) is 28.0 Å². The van der Waals surface area contributed by atoms with Crippen LogP contribution in [0.4, 0.5) is 0 Å². The molecule has 0 saturated heterocycles. The minimum atomic E-state index is -0.186. The highest BCUT2D eigenvalue weighted by atomic mass is 35.5. The van der Waals surface area contributed by atoms with Gasteiger partial charge in [0, 0.05) is 5.56 Å². The third-order valence-corrected chi connectivity index (χ3v) is 4.63. The van der Waals surface area contributed by atoms with Crippen LogP contribution in [0, 0.1) is 0 Å². The van der Waals surface area contributed by atoms with E-state index in [2.05, 4.69) is 0 Å². The Labute approximate surface area is 154 Å². The molecule has 0 unspecified atom stereocenters. The number of rotatable bonds is 2. The average Bonchev–Trinajstić information content (AvgIpc) is 2.63. The number of para-hydroxylation sites is 2. The van der Waals surface area contributed by atoms with Gasteiger partial charge in [-0.1, -0.05) is 59.6 Å². The molecule has 0 N–H and O–H groups in total. The second kappa shape index (κ2) is 6.36. The summed E-state index contributed by atoms with van der Waals surface area (Å²) in [6, 6.07) is 21.7. The summed E-state index contributed by atoms with van der Waals surface area (Å²) in [5.41, 5.74) is 1.67.